The number of nitro benzene ring substituents is 1. The number of nitrogens with one attached hydrogen (secondary N) is 2. The highest BCUT2D eigenvalue weighted by molar-refractivity contribution is 7.90. The van der Waals surface area contributed by atoms with Gasteiger partial charge >= 0.3 is 0 Å². The van der Waals surface area contributed by atoms with Gasteiger partial charge in [0.25, 0.3) is 21.6 Å². The fourth-order valence-corrected chi connectivity index (χ4v) is 8.55. The van der Waals surface area contributed by atoms with Crippen LogP contribution in [0.15, 0.2) is 71.1 Å². The molecule has 0 unspecified atom stereocenters. The van der Waals surface area contributed by atoms with E-state index in [4.69, 9.17) is 27.9 Å². The molecular weight excluding hydrogens is 725 g/mol. The van der Waals surface area contributed by atoms with Crippen molar-refractivity contribution in [3.05, 3.63) is 97.5 Å². The number of rotatable bonds is 11. The summed E-state index contributed by atoms with van der Waals surface area (Å²) in [6.45, 7) is 10.6. The average molecular weight is 771 g/mol. The molecule has 2 heterocycles. The second kappa shape index (κ2) is 16.1. The lowest BCUT2D eigenvalue weighted by Crippen LogP contribution is -2.47. The van der Waals surface area contributed by atoms with E-state index < -0.39 is 20.9 Å². The number of hydrogen-bond acceptors (Lipinski definition) is 9. The Morgan fingerprint density at radius 3 is 2.33 bits per heavy atom. The molecule has 2 N–H and O–H groups in total. The first-order chi connectivity index (χ1) is 24.8. The van der Waals surface area contributed by atoms with E-state index in [0.29, 0.717) is 19.8 Å². The van der Waals surface area contributed by atoms with Gasteiger partial charge in [0.2, 0.25) is 0 Å². The Kier molecular flexibility index (Phi) is 11.8. The average Bonchev–Trinajstić information content (AvgIpc) is 3.12. The zero-order chi connectivity index (χ0) is 37.0. The van der Waals surface area contributed by atoms with Crippen molar-refractivity contribution < 1.29 is 22.9 Å². The van der Waals surface area contributed by atoms with Crippen LogP contribution in [0.3, 0.4) is 0 Å². The maximum atomic E-state index is 13.2. The lowest BCUT2D eigenvalue weighted by molar-refractivity contribution is -0.384. The third-order valence-electron chi connectivity index (χ3n) is 10.4. The van der Waals surface area contributed by atoms with Gasteiger partial charge in [-0.05, 0) is 97.0 Å². The van der Waals surface area contributed by atoms with Gasteiger partial charge in [-0.25, -0.2) is 13.1 Å². The van der Waals surface area contributed by atoms with Gasteiger partial charge in [-0.15, -0.1) is 0 Å². The van der Waals surface area contributed by atoms with Crippen LogP contribution in [0.5, 0.6) is 0 Å². The normalized spacial score (nSPS) is 18.7. The third-order valence-corrected chi connectivity index (χ3v) is 12.3. The highest BCUT2D eigenvalue weighted by Crippen LogP contribution is 2.43. The third kappa shape index (κ3) is 9.27. The molecule has 2 aliphatic heterocycles. The summed E-state index contributed by atoms with van der Waals surface area (Å²) in [5, 5.41) is 15.6. The maximum absolute atomic E-state index is 13.2. The van der Waals surface area contributed by atoms with Gasteiger partial charge in [0.05, 0.1) is 20.4 Å². The van der Waals surface area contributed by atoms with E-state index in [-0.39, 0.29) is 38.2 Å². The minimum absolute atomic E-state index is 0.105. The zero-order valence-electron chi connectivity index (χ0n) is 29.5. The summed E-state index contributed by atoms with van der Waals surface area (Å²) in [5.41, 5.74) is 4.77. The van der Waals surface area contributed by atoms with E-state index in [9.17, 15) is 23.3 Å². The molecule has 2 saturated heterocycles. The molecule has 0 spiro atoms. The molecule has 14 heteroatoms. The highest BCUT2D eigenvalue weighted by atomic mass is 35.5. The second-order valence-electron chi connectivity index (χ2n) is 14.7. The van der Waals surface area contributed by atoms with Crippen LogP contribution in [0.4, 0.5) is 17.1 Å². The number of hydrogen-bond donors (Lipinski definition) is 2. The maximum Gasteiger partial charge on any atom is 0.293 e. The fraction of sp³-hybridized carbons (Fsp3) is 0.447. The first-order valence-electron chi connectivity index (χ1n) is 17.7. The van der Waals surface area contributed by atoms with Crippen molar-refractivity contribution >= 4 is 61.8 Å². The number of carbonyl (C=O) groups excluding carboxylic acids is 1. The Balaban J connectivity index is 1.07. The Morgan fingerprint density at radius 1 is 1.00 bits per heavy atom. The van der Waals surface area contributed by atoms with Crippen molar-refractivity contribution in [3.63, 3.8) is 0 Å². The first kappa shape index (κ1) is 38.1. The minimum Gasteiger partial charge on any atom is -0.381 e. The molecule has 0 saturated carbocycles. The SMILES string of the molecule is CC1(C)CCC(CN2CCN(c3ccc(S(=O)(=O)NC(=O)c4cc([N+](=O)[O-])c(NCC5CCOCC5)cc4Cl)cc3)CC2)=C(c2ccc(Cl)cc2)C1. The quantitative estimate of drug-likeness (QED) is 0.149. The number of sulfonamides is 1. The number of anilines is 2. The summed E-state index contributed by atoms with van der Waals surface area (Å²) in [6.07, 6.45) is 4.92. The Bertz CT molecular complexity index is 1920. The number of ether oxygens (including phenoxy) is 1. The minimum atomic E-state index is -4.30. The molecule has 278 valence electrons. The number of nitro groups is 1. The van der Waals surface area contributed by atoms with Crippen molar-refractivity contribution in [2.45, 2.75) is 50.8 Å². The highest BCUT2D eigenvalue weighted by Gasteiger charge is 2.30. The van der Waals surface area contributed by atoms with Crippen molar-refractivity contribution in [1.82, 2.24) is 9.62 Å². The Hall–Kier alpha value is -3.68. The van der Waals surface area contributed by atoms with Crippen LogP contribution in [0.2, 0.25) is 10.0 Å². The van der Waals surface area contributed by atoms with E-state index in [0.717, 1.165) is 81.6 Å². The molecular formula is C38H45Cl2N5O6S. The predicted octanol–water partition coefficient (Wildman–Crippen LogP) is 7.64. The monoisotopic (exact) mass is 769 g/mol. The lowest BCUT2D eigenvalue weighted by atomic mass is 9.72. The van der Waals surface area contributed by atoms with Gasteiger partial charge in [0, 0.05) is 69.3 Å². The number of nitrogens with zero attached hydrogens (tertiary/aromatic N) is 3. The van der Waals surface area contributed by atoms with E-state index in [1.165, 1.54) is 34.9 Å². The standard InChI is InChI=1S/C38H45Cl2N5O6S/c1-38(2)14-11-28(33(23-38)27-3-5-29(39)6-4-27)25-43-15-17-44(18-16-43)30-7-9-31(10-8-30)52(49,50)42-37(46)32-21-36(45(47)48)35(22-34(32)40)41-24-26-12-19-51-20-13-26/h3-10,21-22,26,41H,11-20,23-25H2,1-2H3,(H,42,46). The van der Waals surface area contributed by atoms with Crippen LogP contribution < -0.4 is 14.9 Å². The number of allylic oxidation sites excluding steroid dienone is 1. The Labute approximate surface area is 315 Å². The summed E-state index contributed by atoms with van der Waals surface area (Å²) in [6, 6.07) is 16.8. The molecule has 52 heavy (non-hydrogen) atoms. The fourth-order valence-electron chi connectivity index (χ4n) is 7.20. The molecule has 6 rings (SSSR count). The predicted molar refractivity (Wildman–Crippen MR) is 206 cm³/mol. The Morgan fingerprint density at radius 2 is 1.67 bits per heavy atom. The van der Waals surface area contributed by atoms with Gasteiger partial charge in [-0.3, -0.25) is 19.8 Å². The zero-order valence-corrected chi connectivity index (χ0v) is 31.8. The largest absolute Gasteiger partial charge is 0.381 e. The van der Waals surface area contributed by atoms with Crippen LogP contribution in [-0.2, 0) is 14.8 Å². The van der Waals surface area contributed by atoms with Gasteiger partial charge in [0.15, 0.2) is 0 Å². The number of piperazine rings is 1. The number of amides is 1. The van der Waals surface area contributed by atoms with Gasteiger partial charge in [-0.2, -0.15) is 0 Å². The van der Waals surface area contributed by atoms with Crippen molar-refractivity contribution in [1.29, 1.82) is 0 Å². The topological polar surface area (TPSA) is 134 Å². The van der Waals surface area contributed by atoms with Crippen molar-refractivity contribution in [2.75, 3.05) is 62.7 Å². The number of benzene rings is 3. The van der Waals surface area contributed by atoms with Crippen molar-refractivity contribution in [3.8, 4) is 0 Å². The first-order valence-corrected chi connectivity index (χ1v) is 19.9. The van der Waals surface area contributed by atoms with Crippen LogP contribution in [-0.4, -0.2) is 76.6 Å². The van der Waals surface area contributed by atoms with E-state index in [2.05, 4.69) is 41.1 Å². The second-order valence-corrected chi connectivity index (χ2v) is 17.2. The molecule has 3 aromatic carbocycles. The van der Waals surface area contributed by atoms with E-state index >= 15 is 0 Å². The summed E-state index contributed by atoms with van der Waals surface area (Å²) in [4.78, 5) is 29.0. The van der Waals surface area contributed by atoms with E-state index in [1.807, 2.05) is 16.9 Å². The number of carbonyl (C=O) groups is 1. The van der Waals surface area contributed by atoms with E-state index in [1.54, 1.807) is 12.1 Å². The lowest BCUT2D eigenvalue weighted by Gasteiger charge is -2.39. The van der Waals surface area contributed by atoms with Gasteiger partial charge < -0.3 is 15.0 Å². The summed E-state index contributed by atoms with van der Waals surface area (Å²) >= 11 is 12.5. The molecule has 0 bridgehead atoms. The molecule has 2 fully saturated rings. The molecule has 1 aliphatic carbocycles. The summed E-state index contributed by atoms with van der Waals surface area (Å²) < 4.78 is 33.9. The molecule has 11 nitrogen and oxygen atoms in total. The van der Waals surface area contributed by atoms with Crippen LogP contribution in [0.25, 0.3) is 5.57 Å². The number of halogens is 2. The molecule has 3 aliphatic rings. The van der Waals surface area contributed by atoms with Crippen molar-refractivity contribution in [2.24, 2.45) is 11.3 Å². The molecule has 1 amide bonds. The summed E-state index contributed by atoms with van der Waals surface area (Å²) in [7, 11) is -4.30. The van der Waals surface area contributed by atoms with Crippen LogP contribution >= 0.6 is 23.2 Å². The van der Waals surface area contributed by atoms with Gasteiger partial charge in [0.1, 0.15) is 5.69 Å². The van der Waals surface area contributed by atoms with Crippen LogP contribution in [0, 0.1) is 21.4 Å². The van der Waals surface area contributed by atoms with Crippen LogP contribution in [0.1, 0.15) is 61.9 Å². The molecule has 3 aromatic rings. The summed E-state index contributed by atoms with van der Waals surface area (Å²) in [5.74, 6) is -0.775. The molecule has 0 radical (unpaired) electrons. The smallest absolute Gasteiger partial charge is 0.293 e. The molecule has 0 atom stereocenters. The molecule has 0 aromatic heterocycles. The van der Waals surface area contributed by atoms with Gasteiger partial charge in [-0.1, -0.05) is 54.8 Å².